The van der Waals surface area contributed by atoms with Gasteiger partial charge in [-0.3, -0.25) is 9.69 Å². The van der Waals surface area contributed by atoms with Gasteiger partial charge in [-0.15, -0.1) is 0 Å². The molecule has 1 amide bonds. The molecule has 0 bridgehead atoms. The van der Waals surface area contributed by atoms with Crippen molar-refractivity contribution in [2.24, 2.45) is 0 Å². The van der Waals surface area contributed by atoms with E-state index in [9.17, 15) is 31.1 Å². The van der Waals surface area contributed by atoms with Crippen LogP contribution in [-0.4, -0.2) is 43.7 Å². The molecule has 1 atom stereocenters. The fourth-order valence-corrected chi connectivity index (χ4v) is 3.97. The van der Waals surface area contributed by atoms with Crippen LogP contribution in [0.4, 0.5) is 26.3 Å². The zero-order chi connectivity index (χ0) is 20.1. The summed E-state index contributed by atoms with van der Waals surface area (Å²) < 4.78 is 78.1. The van der Waals surface area contributed by atoms with Crippen molar-refractivity contribution in [2.45, 2.75) is 31.3 Å². The molecule has 2 aliphatic rings. The number of halogens is 7. The second kappa shape index (κ2) is 6.66. The SMILES string of the molecule is CC1=CN2C(=O)C=C(Cn3nc(C(F)(F)F)cc3Cl)N(CC(F)(F)F)C2S1. The average Bonchev–Trinajstić information content (AvgIpc) is 3.06. The van der Waals surface area contributed by atoms with Gasteiger partial charge in [0.25, 0.3) is 5.91 Å². The van der Waals surface area contributed by atoms with E-state index in [0.29, 0.717) is 15.7 Å². The molecule has 0 spiro atoms. The second-order valence-electron chi connectivity index (χ2n) is 5.82. The molecule has 0 aromatic carbocycles. The normalized spacial score (nSPS) is 20.7. The second-order valence-corrected chi connectivity index (χ2v) is 7.50. The van der Waals surface area contributed by atoms with E-state index in [2.05, 4.69) is 5.10 Å². The van der Waals surface area contributed by atoms with Crippen molar-refractivity contribution >= 4 is 29.3 Å². The van der Waals surface area contributed by atoms with Gasteiger partial charge in [-0.25, -0.2) is 4.68 Å². The Kier molecular flexibility index (Phi) is 4.91. The molecule has 3 rings (SSSR count). The minimum atomic E-state index is -4.75. The van der Waals surface area contributed by atoms with Crippen molar-refractivity contribution in [1.82, 2.24) is 19.6 Å². The minimum Gasteiger partial charge on any atom is -0.334 e. The molecule has 148 valence electrons. The van der Waals surface area contributed by atoms with E-state index in [4.69, 9.17) is 11.6 Å². The van der Waals surface area contributed by atoms with Crippen LogP contribution < -0.4 is 0 Å². The van der Waals surface area contributed by atoms with Crippen LogP contribution in [0.15, 0.2) is 28.9 Å². The first-order valence-corrected chi connectivity index (χ1v) is 8.63. The summed E-state index contributed by atoms with van der Waals surface area (Å²) in [6.45, 7) is -0.255. The van der Waals surface area contributed by atoms with Gasteiger partial charge < -0.3 is 4.90 Å². The van der Waals surface area contributed by atoms with Gasteiger partial charge in [-0.2, -0.15) is 31.4 Å². The molecular weight excluding hydrogens is 422 g/mol. The van der Waals surface area contributed by atoms with E-state index >= 15 is 0 Å². The van der Waals surface area contributed by atoms with Gasteiger partial charge in [0.15, 0.2) is 11.2 Å². The number of thioether (sulfide) groups is 1. The first-order valence-electron chi connectivity index (χ1n) is 7.37. The summed E-state index contributed by atoms with van der Waals surface area (Å²) in [5.74, 6) is -0.572. The standard InChI is InChI=1S/C14H11ClF6N4OS/c1-7-4-23-11(26)2-8(24(12(23)27-7)6-13(16,17)18)5-25-10(15)3-9(22-25)14(19,20)21/h2-4,12H,5-6H2,1H3. The molecule has 1 unspecified atom stereocenters. The molecule has 0 radical (unpaired) electrons. The monoisotopic (exact) mass is 432 g/mol. The van der Waals surface area contributed by atoms with Crippen molar-refractivity contribution in [3.63, 3.8) is 0 Å². The van der Waals surface area contributed by atoms with Gasteiger partial charge in [0.05, 0.1) is 6.54 Å². The predicted molar refractivity (Wildman–Crippen MR) is 85.1 cm³/mol. The first kappa shape index (κ1) is 19.9. The quantitative estimate of drug-likeness (QED) is 0.676. The molecule has 1 aromatic rings. The van der Waals surface area contributed by atoms with E-state index in [0.717, 1.165) is 27.6 Å². The van der Waals surface area contributed by atoms with Crippen LogP contribution in [0.5, 0.6) is 0 Å². The summed E-state index contributed by atoms with van der Waals surface area (Å²) in [6.07, 6.45) is -6.97. The Hall–Kier alpha value is -1.82. The maximum absolute atomic E-state index is 13.0. The lowest BCUT2D eigenvalue weighted by Crippen LogP contribution is -2.51. The molecule has 3 heterocycles. The third-order valence-electron chi connectivity index (χ3n) is 3.71. The summed E-state index contributed by atoms with van der Waals surface area (Å²) in [5.41, 5.74) is -2.38. The third-order valence-corrected chi connectivity index (χ3v) is 5.19. The first-order chi connectivity index (χ1) is 12.3. The number of amides is 1. The zero-order valence-corrected chi connectivity index (χ0v) is 15.0. The lowest BCUT2D eigenvalue weighted by Gasteiger charge is -2.40. The summed E-state index contributed by atoms with van der Waals surface area (Å²) in [6, 6.07) is 0.573. The lowest BCUT2D eigenvalue weighted by molar-refractivity contribution is -0.152. The summed E-state index contributed by atoms with van der Waals surface area (Å²) in [4.78, 5) is 14.9. The van der Waals surface area contributed by atoms with E-state index in [1.165, 1.54) is 6.20 Å². The number of carbonyl (C=O) groups is 1. The van der Waals surface area contributed by atoms with Crippen LogP contribution in [-0.2, 0) is 17.5 Å². The Morgan fingerprint density at radius 2 is 1.93 bits per heavy atom. The molecule has 0 saturated carbocycles. The Labute approximate surface area is 158 Å². The molecule has 27 heavy (non-hydrogen) atoms. The zero-order valence-electron chi connectivity index (χ0n) is 13.5. The Morgan fingerprint density at radius 1 is 1.26 bits per heavy atom. The fraction of sp³-hybridized carbons (Fsp3) is 0.429. The molecule has 0 saturated heterocycles. The number of hydrogen-bond acceptors (Lipinski definition) is 4. The maximum atomic E-state index is 13.0. The van der Waals surface area contributed by atoms with Gasteiger partial charge in [0.2, 0.25) is 0 Å². The number of carbonyl (C=O) groups excluding carboxylic acids is 1. The van der Waals surface area contributed by atoms with E-state index < -0.39 is 47.7 Å². The van der Waals surface area contributed by atoms with Crippen LogP contribution in [0.3, 0.4) is 0 Å². The fourth-order valence-electron chi connectivity index (χ4n) is 2.65. The highest BCUT2D eigenvalue weighted by atomic mass is 35.5. The largest absolute Gasteiger partial charge is 0.435 e. The van der Waals surface area contributed by atoms with Crippen LogP contribution in [0.1, 0.15) is 12.6 Å². The Bertz CT molecular complexity index is 831. The number of allylic oxidation sites excluding steroid dienone is 2. The van der Waals surface area contributed by atoms with Gasteiger partial charge >= 0.3 is 12.4 Å². The average molecular weight is 433 g/mol. The van der Waals surface area contributed by atoms with Crippen LogP contribution in [0.25, 0.3) is 0 Å². The topological polar surface area (TPSA) is 41.4 Å². The number of rotatable bonds is 3. The molecule has 0 fully saturated rings. The van der Waals surface area contributed by atoms with Gasteiger partial charge in [0.1, 0.15) is 11.7 Å². The summed E-state index contributed by atoms with van der Waals surface area (Å²) >= 11 is 6.78. The van der Waals surface area contributed by atoms with Crippen molar-refractivity contribution < 1.29 is 31.1 Å². The molecule has 5 nitrogen and oxygen atoms in total. The van der Waals surface area contributed by atoms with Gasteiger partial charge in [-0.1, -0.05) is 23.4 Å². The highest BCUT2D eigenvalue weighted by Crippen LogP contribution is 2.40. The smallest absolute Gasteiger partial charge is 0.334 e. The van der Waals surface area contributed by atoms with E-state index in [1.54, 1.807) is 6.92 Å². The minimum absolute atomic E-state index is 0.132. The molecule has 2 aliphatic heterocycles. The van der Waals surface area contributed by atoms with Crippen molar-refractivity contribution in [3.05, 3.63) is 39.8 Å². The molecular formula is C14H11ClF6N4OS. The van der Waals surface area contributed by atoms with Gasteiger partial charge in [0, 0.05) is 28.9 Å². The van der Waals surface area contributed by atoms with Crippen LogP contribution >= 0.6 is 23.4 Å². The molecule has 1 aromatic heterocycles. The Balaban J connectivity index is 1.94. The Morgan fingerprint density at radius 3 is 2.48 bits per heavy atom. The van der Waals surface area contributed by atoms with Crippen molar-refractivity contribution in [2.75, 3.05) is 6.54 Å². The summed E-state index contributed by atoms with van der Waals surface area (Å²) in [5, 5.41) is 2.89. The van der Waals surface area contributed by atoms with Crippen LogP contribution in [0.2, 0.25) is 5.15 Å². The van der Waals surface area contributed by atoms with Crippen molar-refractivity contribution in [3.8, 4) is 0 Å². The summed E-state index contributed by atoms with van der Waals surface area (Å²) in [7, 11) is 0. The van der Waals surface area contributed by atoms with E-state index in [-0.39, 0.29) is 5.70 Å². The number of aromatic nitrogens is 2. The molecule has 0 N–H and O–H groups in total. The highest BCUT2D eigenvalue weighted by molar-refractivity contribution is 8.03. The number of nitrogens with zero attached hydrogens (tertiary/aromatic N) is 4. The predicted octanol–water partition coefficient (Wildman–Crippen LogP) is 4.04. The molecule has 13 heteroatoms. The maximum Gasteiger partial charge on any atom is 0.435 e. The number of alkyl halides is 6. The highest BCUT2D eigenvalue weighted by Gasteiger charge is 2.43. The number of hydrogen-bond donors (Lipinski definition) is 0. The van der Waals surface area contributed by atoms with Crippen molar-refractivity contribution in [1.29, 1.82) is 0 Å². The van der Waals surface area contributed by atoms with E-state index in [1.807, 2.05) is 0 Å². The number of fused-ring (bicyclic) bond motifs is 1. The van der Waals surface area contributed by atoms with Crippen LogP contribution in [0, 0.1) is 0 Å². The molecule has 0 aliphatic carbocycles. The third kappa shape index (κ3) is 4.21. The van der Waals surface area contributed by atoms with Gasteiger partial charge in [-0.05, 0) is 6.92 Å². The lowest BCUT2D eigenvalue weighted by atomic mass is 10.2.